The number of aromatic amines is 1. The molecule has 9 aromatic heterocycles. The molecule has 0 bridgehead atoms. The van der Waals surface area contributed by atoms with E-state index in [4.69, 9.17) is 16.4 Å². The highest BCUT2D eigenvalue weighted by Gasteiger charge is 2.37. The van der Waals surface area contributed by atoms with Gasteiger partial charge < -0.3 is 39.6 Å². The monoisotopic (exact) mass is 1880 g/mol. The number of anilines is 3. The summed E-state index contributed by atoms with van der Waals surface area (Å²) in [5.74, 6) is 0.461. The smallest absolute Gasteiger partial charge is 0.406 e. The first-order chi connectivity index (χ1) is 60.0. The fourth-order valence-corrected chi connectivity index (χ4v) is 20.7. The first-order valence-electron chi connectivity index (χ1n) is 38.2. The number of hydrogen-bond donors (Lipinski definition) is 4. The van der Waals surface area contributed by atoms with Gasteiger partial charge in [0, 0.05) is 125 Å². The summed E-state index contributed by atoms with van der Waals surface area (Å²) in [6.45, 7) is 3.43. The number of halogens is 10. The van der Waals surface area contributed by atoms with Crippen LogP contribution in [0.4, 0.5) is 57.0 Å². The minimum absolute atomic E-state index is 0.0865. The van der Waals surface area contributed by atoms with E-state index in [2.05, 4.69) is 83.6 Å². The lowest BCUT2D eigenvalue weighted by molar-refractivity contribution is -0.275. The SMILES string of the molecule is Cn1cc(-c2cc3c(N4CCC(N)CC4)ncnc3n2S(=O)(=O)c2ccccc2)cn1.Cn1cc(-c2cc3c(N4CCC(NS(=O)(=O)c5ccc(OC(F)(F)F)cc5)CC4)ncnc3[nH]2)cn1.Cn1cc(-c2cc3c(N4CCC(NS(=O)(=O)c5ccc(OC(F)(F)F)cc5)CC4)ncnc3n2S(=O)(=O)c2ccccc2)cn1.O=S(=O)(Cl)c1ccc(OC(F)(F)F)cc1. The number of nitrogens with two attached hydrogens (primary N) is 1. The van der Waals surface area contributed by atoms with Crippen LogP contribution in [0.2, 0.25) is 0 Å². The number of rotatable bonds is 20. The Morgan fingerprint density at radius 1 is 0.409 bits per heavy atom. The molecule has 17 rings (SSSR count). The van der Waals surface area contributed by atoms with Crippen LogP contribution in [-0.4, -0.2) is 191 Å². The zero-order valence-corrected chi connectivity index (χ0v) is 71.5. The highest BCUT2D eigenvalue weighted by Crippen LogP contribution is 2.40. The number of benzene rings is 5. The fourth-order valence-electron chi connectivity index (χ4n) is 14.3. The Labute approximate surface area is 723 Å². The van der Waals surface area contributed by atoms with E-state index in [1.807, 2.05) is 30.3 Å². The molecule has 3 aliphatic heterocycles. The number of fused-ring (bicyclic) bond motifs is 3. The summed E-state index contributed by atoms with van der Waals surface area (Å²) in [6.07, 6.45) is 3.59. The van der Waals surface area contributed by atoms with Gasteiger partial charge in [0.25, 0.3) is 29.1 Å². The third-order valence-corrected chi connectivity index (χ3v) is 28.1. The molecule has 0 spiro atoms. The van der Waals surface area contributed by atoms with Gasteiger partial charge in [-0.3, -0.25) is 14.0 Å². The molecule has 49 heteroatoms. The minimum atomic E-state index is -4.89. The maximum Gasteiger partial charge on any atom is 0.573 e. The van der Waals surface area contributed by atoms with Crippen molar-refractivity contribution in [3.05, 3.63) is 208 Å². The molecular weight excluding hydrogens is 1810 g/mol. The zero-order chi connectivity index (χ0) is 90.8. The van der Waals surface area contributed by atoms with E-state index in [-0.39, 0.29) is 42.2 Å². The number of hydrogen-bond acceptors (Lipinski definition) is 26. The van der Waals surface area contributed by atoms with Crippen molar-refractivity contribution < 1.29 is 95.8 Å². The molecule has 127 heavy (non-hydrogen) atoms. The molecule has 3 aliphatic rings. The standard InChI is InChI=1S/C28H26F3N7O5S2.C22H22F3N7O3S.C21H23N7O2S.C7H4ClF3O3S/c1-36-17-19(16-34-36)25-15-24-26(32-18-33-27(24)38(25)45(41,42)23-5-3-2-4-6-23)37-13-11-20(12-14-37)35-44(39,40)22-9-7-21(8-10-22)43-28(29,30)31;1-31-12-14(11-28-31)19-10-18-20(29-19)26-13-27-21(18)32-8-6-15(7-9-32)30-36(33,34)17-4-2-16(3-5-17)35-22(23,24)25;1-26-13-15(12-25-26)19-11-18-20(27-9-7-16(22)8-10-27)23-14-24-21(18)28(19)31(29,30)17-5-3-2-4-6-17;8-15(12,13)6-3-1-5(2-4-6)14-7(9,10)11/h2-10,15-18,20,35H,11-14H2,1H3;2-5,10-13,15,30H,6-9H2,1H3,(H,26,27,29);2-6,11-14,16H,7-10,22H2,1H3;1-4H. The normalized spacial score (nSPS) is 15.0. The Morgan fingerprint density at radius 3 is 1.08 bits per heavy atom. The topological polar surface area (TPSA) is 415 Å². The van der Waals surface area contributed by atoms with Crippen LogP contribution in [0, 0.1) is 0 Å². The van der Waals surface area contributed by atoms with Gasteiger partial charge in [0.15, 0.2) is 11.3 Å². The Morgan fingerprint density at radius 2 is 0.740 bits per heavy atom. The van der Waals surface area contributed by atoms with E-state index in [0.29, 0.717) is 102 Å². The van der Waals surface area contributed by atoms with Crippen LogP contribution in [0.25, 0.3) is 66.9 Å². The molecule has 5 N–H and O–H groups in total. The van der Waals surface area contributed by atoms with Crippen molar-refractivity contribution in [3.63, 3.8) is 0 Å². The minimum Gasteiger partial charge on any atom is -0.406 e. The van der Waals surface area contributed by atoms with E-state index in [9.17, 15) is 81.6 Å². The number of piperidine rings is 3. The molecule has 5 aromatic carbocycles. The number of sulfonamides is 2. The van der Waals surface area contributed by atoms with Gasteiger partial charge in [-0.2, -0.15) is 15.3 Å². The highest BCUT2D eigenvalue weighted by atomic mass is 35.7. The van der Waals surface area contributed by atoms with Crippen LogP contribution in [0.3, 0.4) is 0 Å². The van der Waals surface area contributed by atoms with Gasteiger partial charge in [-0.05, 0) is 154 Å². The van der Waals surface area contributed by atoms with Crippen molar-refractivity contribution in [2.45, 2.75) is 100 Å². The van der Waals surface area contributed by atoms with Gasteiger partial charge in [-0.25, -0.2) is 89.4 Å². The van der Waals surface area contributed by atoms with Gasteiger partial charge in [0.1, 0.15) is 59.3 Å². The summed E-state index contributed by atoms with van der Waals surface area (Å²) in [5, 5.41) is 14.7. The lowest BCUT2D eigenvalue weighted by Crippen LogP contribution is -2.44. The van der Waals surface area contributed by atoms with E-state index in [1.165, 1.54) is 39.1 Å². The molecule has 0 radical (unpaired) electrons. The molecule has 3 fully saturated rings. The van der Waals surface area contributed by atoms with E-state index in [1.54, 1.807) is 114 Å². The largest absolute Gasteiger partial charge is 0.573 e. The van der Waals surface area contributed by atoms with Crippen LogP contribution < -0.4 is 44.1 Å². The summed E-state index contributed by atoms with van der Waals surface area (Å²) in [6, 6.07) is 33.0. The van der Waals surface area contributed by atoms with E-state index >= 15 is 0 Å². The molecule has 0 saturated carbocycles. The lowest BCUT2D eigenvalue weighted by atomic mass is 10.1. The van der Waals surface area contributed by atoms with Crippen molar-refractivity contribution in [1.29, 1.82) is 0 Å². The summed E-state index contributed by atoms with van der Waals surface area (Å²) < 4.78 is 261. The first kappa shape index (κ1) is 90.9. The Kier molecular flexibility index (Phi) is 26.2. The van der Waals surface area contributed by atoms with Crippen molar-refractivity contribution in [2.75, 3.05) is 54.0 Å². The molecule has 0 amide bonds. The van der Waals surface area contributed by atoms with Crippen LogP contribution in [0.15, 0.2) is 232 Å². The van der Waals surface area contributed by atoms with E-state index < -0.39 is 91.5 Å². The third kappa shape index (κ3) is 21.7. The highest BCUT2D eigenvalue weighted by molar-refractivity contribution is 8.13. The molecule has 0 atom stereocenters. The summed E-state index contributed by atoms with van der Waals surface area (Å²) in [5.41, 5.74) is 11.2. The second-order valence-electron chi connectivity index (χ2n) is 29.0. The summed E-state index contributed by atoms with van der Waals surface area (Å²) in [7, 11) is -9.51. The van der Waals surface area contributed by atoms with Gasteiger partial charge in [0.05, 0.1) is 76.3 Å². The maximum absolute atomic E-state index is 13.9. The average Bonchev–Trinajstić information content (AvgIpc) is 1.59. The van der Waals surface area contributed by atoms with Crippen LogP contribution >= 0.6 is 10.7 Å². The van der Waals surface area contributed by atoms with Crippen molar-refractivity contribution >= 4 is 110 Å². The van der Waals surface area contributed by atoms with Gasteiger partial charge >= 0.3 is 19.1 Å². The first-order valence-corrected chi connectivity index (χ1v) is 46.4. The number of aryl methyl sites for hydroxylation is 3. The van der Waals surface area contributed by atoms with Crippen molar-refractivity contribution in [1.82, 2.24) is 81.6 Å². The Hall–Kier alpha value is -12.3. The van der Waals surface area contributed by atoms with Crippen LogP contribution in [0.5, 0.6) is 17.2 Å². The van der Waals surface area contributed by atoms with E-state index in [0.717, 1.165) is 127 Å². The van der Waals surface area contributed by atoms with Gasteiger partial charge in [-0.15, -0.1) is 39.5 Å². The zero-order valence-electron chi connectivity index (χ0n) is 66.7. The van der Waals surface area contributed by atoms with Gasteiger partial charge in [-0.1, -0.05) is 36.4 Å². The van der Waals surface area contributed by atoms with Crippen molar-refractivity contribution in [2.24, 2.45) is 26.9 Å². The number of ether oxygens (including phenoxy) is 3. The summed E-state index contributed by atoms with van der Waals surface area (Å²) in [4.78, 5) is 35.6. The number of aromatic nitrogens is 15. The van der Waals surface area contributed by atoms with Crippen molar-refractivity contribution in [3.8, 4) is 51.0 Å². The fraction of sp³-hybridized carbons (Fsp3) is 0.269. The Bertz CT molecular complexity index is 6870. The number of alkyl halides is 9. The second kappa shape index (κ2) is 36.6. The predicted molar refractivity (Wildman–Crippen MR) is 447 cm³/mol. The molecule has 12 heterocycles. The predicted octanol–water partition coefficient (Wildman–Crippen LogP) is 11.6. The van der Waals surface area contributed by atoms with Crippen LogP contribution in [0.1, 0.15) is 38.5 Å². The third-order valence-electron chi connectivity index (χ3n) is 20.2. The Balaban J connectivity index is 0.000000144. The molecular formula is C78H75ClF9N21O13S5. The van der Waals surface area contributed by atoms with Gasteiger partial charge in [0.2, 0.25) is 20.0 Å². The molecule has 14 aromatic rings. The quantitative estimate of drug-likeness (QED) is 0.0407. The average molecular weight is 1880 g/mol. The summed E-state index contributed by atoms with van der Waals surface area (Å²) >= 11 is 0. The molecule has 0 aliphatic carbocycles. The second-order valence-corrected chi connectivity index (χ2v) is 38.6. The number of H-pyrrole nitrogens is 1. The maximum atomic E-state index is 13.9. The molecule has 670 valence electrons. The molecule has 0 unspecified atom stereocenters. The number of nitrogens with zero attached hydrogens (tertiary/aromatic N) is 17. The van der Waals surface area contributed by atoms with Crippen LogP contribution in [-0.2, 0) is 70.3 Å². The molecule has 3 saturated heterocycles. The number of nitrogens with one attached hydrogen (secondary N) is 3. The molecule has 34 nitrogen and oxygen atoms in total. The lowest BCUT2D eigenvalue weighted by Gasteiger charge is -2.33.